The van der Waals surface area contributed by atoms with Crippen LogP contribution in [-0.2, 0) is 11.2 Å². The first-order valence-electron chi connectivity index (χ1n) is 5.25. The molecular weight excluding hydrogens is 191 g/mol. The molecule has 15 heavy (non-hydrogen) atoms. The topological polar surface area (TPSA) is 17.1 Å². The average molecular weight is 208 g/mol. The standard InChI is InChI=1S/C13H17FO/c1-9-7-12(6-4-5-11(3)15)13(14)8-10(9)2/h7-8H,4-6H2,1-3H3. The summed E-state index contributed by atoms with van der Waals surface area (Å²) in [7, 11) is 0. The molecule has 0 saturated heterocycles. The third-order valence-corrected chi connectivity index (χ3v) is 2.64. The molecule has 1 nitrogen and oxygen atoms in total. The fourth-order valence-electron chi connectivity index (χ4n) is 1.56. The number of carbonyl (C=O) groups is 1. The second kappa shape index (κ2) is 5.06. The van der Waals surface area contributed by atoms with Gasteiger partial charge in [0.15, 0.2) is 0 Å². The van der Waals surface area contributed by atoms with Crippen molar-refractivity contribution in [1.29, 1.82) is 0 Å². The van der Waals surface area contributed by atoms with E-state index in [4.69, 9.17) is 0 Å². The Balaban J connectivity index is 2.69. The van der Waals surface area contributed by atoms with Crippen molar-refractivity contribution in [2.24, 2.45) is 0 Å². The van der Waals surface area contributed by atoms with Crippen molar-refractivity contribution in [2.45, 2.75) is 40.0 Å². The summed E-state index contributed by atoms with van der Waals surface area (Å²) >= 11 is 0. The Bertz CT molecular complexity index is 369. The molecule has 0 heterocycles. The molecule has 0 aromatic heterocycles. The van der Waals surface area contributed by atoms with E-state index in [2.05, 4.69) is 0 Å². The van der Waals surface area contributed by atoms with Gasteiger partial charge in [-0.2, -0.15) is 0 Å². The van der Waals surface area contributed by atoms with Crippen LogP contribution in [0.3, 0.4) is 0 Å². The summed E-state index contributed by atoms with van der Waals surface area (Å²) in [5.74, 6) is 0.0147. The van der Waals surface area contributed by atoms with Gasteiger partial charge in [-0.15, -0.1) is 0 Å². The predicted molar refractivity (Wildman–Crippen MR) is 59.5 cm³/mol. The molecule has 0 N–H and O–H groups in total. The van der Waals surface area contributed by atoms with Crippen molar-refractivity contribution in [3.05, 3.63) is 34.6 Å². The summed E-state index contributed by atoms with van der Waals surface area (Å²) in [4.78, 5) is 10.7. The Morgan fingerprint density at radius 3 is 2.47 bits per heavy atom. The van der Waals surface area contributed by atoms with Crippen molar-refractivity contribution in [1.82, 2.24) is 0 Å². The van der Waals surface area contributed by atoms with Gasteiger partial charge in [0.05, 0.1) is 0 Å². The van der Waals surface area contributed by atoms with Crippen LogP contribution in [0.25, 0.3) is 0 Å². The first-order chi connectivity index (χ1) is 7.00. The van der Waals surface area contributed by atoms with Gasteiger partial charge in [0.25, 0.3) is 0 Å². The number of rotatable bonds is 4. The van der Waals surface area contributed by atoms with Gasteiger partial charge in [-0.05, 0) is 56.4 Å². The van der Waals surface area contributed by atoms with Gasteiger partial charge in [0.2, 0.25) is 0 Å². The molecule has 0 bridgehead atoms. The molecule has 0 spiro atoms. The highest BCUT2D eigenvalue weighted by Crippen LogP contribution is 2.16. The average Bonchev–Trinajstić information content (AvgIpc) is 2.13. The number of Topliss-reactive ketones (excluding diaryl/α,β-unsaturated/α-hetero) is 1. The van der Waals surface area contributed by atoms with E-state index in [-0.39, 0.29) is 11.6 Å². The molecule has 0 atom stereocenters. The summed E-state index contributed by atoms with van der Waals surface area (Å²) in [6, 6.07) is 3.45. The molecule has 1 rings (SSSR count). The number of halogens is 1. The highest BCUT2D eigenvalue weighted by atomic mass is 19.1. The van der Waals surface area contributed by atoms with Crippen LogP contribution in [0, 0.1) is 19.7 Å². The van der Waals surface area contributed by atoms with E-state index >= 15 is 0 Å². The van der Waals surface area contributed by atoms with Crippen LogP contribution in [0.2, 0.25) is 0 Å². The Morgan fingerprint density at radius 2 is 1.87 bits per heavy atom. The Morgan fingerprint density at radius 1 is 1.27 bits per heavy atom. The van der Waals surface area contributed by atoms with Crippen molar-refractivity contribution >= 4 is 5.78 Å². The van der Waals surface area contributed by atoms with E-state index in [9.17, 15) is 9.18 Å². The number of hydrogen-bond donors (Lipinski definition) is 0. The molecule has 0 aliphatic heterocycles. The number of ketones is 1. The third kappa shape index (κ3) is 3.46. The van der Waals surface area contributed by atoms with Crippen molar-refractivity contribution in [3.63, 3.8) is 0 Å². The largest absolute Gasteiger partial charge is 0.300 e. The Kier molecular flexibility index (Phi) is 4.01. The van der Waals surface area contributed by atoms with E-state index < -0.39 is 0 Å². The van der Waals surface area contributed by atoms with E-state index in [0.29, 0.717) is 12.8 Å². The number of benzene rings is 1. The van der Waals surface area contributed by atoms with E-state index in [0.717, 1.165) is 23.1 Å². The van der Waals surface area contributed by atoms with Crippen LogP contribution in [-0.4, -0.2) is 5.78 Å². The van der Waals surface area contributed by atoms with Crippen LogP contribution in [0.5, 0.6) is 0 Å². The zero-order valence-electron chi connectivity index (χ0n) is 9.56. The lowest BCUT2D eigenvalue weighted by atomic mass is 10.0. The fourth-order valence-corrected chi connectivity index (χ4v) is 1.56. The highest BCUT2D eigenvalue weighted by molar-refractivity contribution is 5.75. The SMILES string of the molecule is CC(=O)CCCc1cc(C)c(C)cc1F. The van der Waals surface area contributed by atoms with Crippen LogP contribution < -0.4 is 0 Å². The van der Waals surface area contributed by atoms with Crippen LogP contribution in [0.4, 0.5) is 4.39 Å². The number of hydrogen-bond acceptors (Lipinski definition) is 1. The first kappa shape index (κ1) is 11.9. The lowest BCUT2D eigenvalue weighted by molar-refractivity contribution is -0.117. The maximum Gasteiger partial charge on any atom is 0.129 e. The van der Waals surface area contributed by atoms with Gasteiger partial charge < -0.3 is 4.79 Å². The van der Waals surface area contributed by atoms with Crippen molar-refractivity contribution in [2.75, 3.05) is 0 Å². The molecule has 2 heteroatoms. The fraction of sp³-hybridized carbons (Fsp3) is 0.462. The lowest BCUT2D eigenvalue weighted by Crippen LogP contribution is -1.97. The summed E-state index contributed by atoms with van der Waals surface area (Å²) in [5, 5.41) is 0. The summed E-state index contributed by atoms with van der Waals surface area (Å²) in [6.45, 7) is 5.44. The minimum absolute atomic E-state index is 0.151. The Labute approximate surface area is 90.3 Å². The second-order valence-corrected chi connectivity index (χ2v) is 4.08. The minimum atomic E-state index is -0.151. The number of carbonyl (C=O) groups excluding carboxylic acids is 1. The van der Waals surface area contributed by atoms with Gasteiger partial charge in [-0.3, -0.25) is 0 Å². The van der Waals surface area contributed by atoms with Crippen LogP contribution in [0.1, 0.15) is 36.5 Å². The summed E-state index contributed by atoms with van der Waals surface area (Å²) in [5.41, 5.74) is 2.80. The Hall–Kier alpha value is -1.18. The molecule has 0 unspecified atom stereocenters. The van der Waals surface area contributed by atoms with Crippen molar-refractivity contribution in [3.8, 4) is 0 Å². The third-order valence-electron chi connectivity index (χ3n) is 2.64. The molecule has 0 fully saturated rings. The normalized spacial score (nSPS) is 10.4. The second-order valence-electron chi connectivity index (χ2n) is 4.08. The molecule has 82 valence electrons. The van der Waals surface area contributed by atoms with Crippen LogP contribution >= 0.6 is 0 Å². The molecule has 1 aromatic carbocycles. The van der Waals surface area contributed by atoms with Gasteiger partial charge in [0, 0.05) is 6.42 Å². The summed E-state index contributed by atoms with van der Waals surface area (Å²) in [6.07, 6.45) is 1.91. The van der Waals surface area contributed by atoms with E-state index in [1.54, 1.807) is 13.0 Å². The zero-order chi connectivity index (χ0) is 11.4. The van der Waals surface area contributed by atoms with E-state index in [1.165, 1.54) is 0 Å². The van der Waals surface area contributed by atoms with Gasteiger partial charge >= 0.3 is 0 Å². The molecule has 0 amide bonds. The van der Waals surface area contributed by atoms with Gasteiger partial charge in [-0.25, -0.2) is 4.39 Å². The zero-order valence-corrected chi connectivity index (χ0v) is 9.56. The molecule has 1 aromatic rings. The van der Waals surface area contributed by atoms with Gasteiger partial charge in [0.1, 0.15) is 11.6 Å². The smallest absolute Gasteiger partial charge is 0.129 e. The molecular formula is C13H17FO. The van der Waals surface area contributed by atoms with E-state index in [1.807, 2.05) is 19.9 Å². The number of aryl methyl sites for hydroxylation is 3. The van der Waals surface area contributed by atoms with Gasteiger partial charge in [-0.1, -0.05) is 6.07 Å². The molecule has 0 radical (unpaired) electrons. The molecule has 0 aliphatic rings. The predicted octanol–water partition coefficient (Wildman–Crippen LogP) is 3.35. The quantitative estimate of drug-likeness (QED) is 0.741. The monoisotopic (exact) mass is 208 g/mol. The first-order valence-corrected chi connectivity index (χ1v) is 5.25. The molecule has 0 saturated carbocycles. The minimum Gasteiger partial charge on any atom is -0.300 e. The summed E-state index contributed by atoms with van der Waals surface area (Å²) < 4.78 is 13.5. The lowest BCUT2D eigenvalue weighted by Gasteiger charge is -2.06. The molecule has 0 aliphatic carbocycles. The maximum absolute atomic E-state index is 13.5. The van der Waals surface area contributed by atoms with Crippen molar-refractivity contribution < 1.29 is 9.18 Å². The van der Waals surface area contributed by atoms with Crippen LogP contribution in [0.15, 0.2) is 12.1 Å². The highest BCUT2D eigenvalue weighted by Gasteiger charge is 2.05. The maximum atomic E-state index is 13.5.